The summed E-state index contributed by atoms with van der Waals surface area (Å²) < 4.78 is 0. The minimum atomic E-state index is -0.264. The van der Waals surface area contributed by atoms with Crippen LogP contribution in [0.4, 0.5) is 0 Å². The summed E-state index contributed by atoms with van der Waals surface area (Å²) in [5, 5.41) is 0. The molecule has 0 aliphatic heterocycles. The Morgan fingerprint density at radius 2 is 1.74 bits per heavy atom. The smallest absolute Gasteiger partial charge is 0.541 e. The van der Waals surface area contributed by atoms with Crippen LogP contribution in [0.3, 0.4) is 0 Å². The Balaban J connectivity index is 0.000000521. The summed E-state index contributed by atoms with van der Waals surface area (Å²) in [4.78, 5) is 9.70. The molecule has 34 heavy (non-hydrogen) atoms. The van der Waals surface area contributed by atoms with Gasteiger partial charge in [-0.25, -0.2) is 0 Å². The van der Waals surface area contributed by atoms with Crippen LogP contribution >= 0.6 is 0 Å². The van der Waals surface area contributed by atoms with Gasteiger partial charge in [0.2, 0.25) is 0 Å². The fraction of sp³-hybridized carbons (Fsp3) is 0.875. The van der Waals surface area contributed by atoms with Gasteiger partial charge in [0.05, 0.1) is 0 Å². The van der Waals surface area contributed by atoms with E-state index in [1.165, 1.54) is 70.6 Å². The molecule has 3 fully saturated rings. The number of allylic oxidation sites excluding steroid dienone is 2. The third-order valence-corrected chi connectivity index (χ3v) is 10.4. The molecule has 4 aliphatic rings. The van der Waals surface area contributed by atoms with E-state index in [1.807, 2.05) is 32.6 Å². The molecule has 0 unspecified atom stereocenters. The van der Waals surface area contributed by atoms with E-state index in [-0.39, 0.29) is 36.5 Å². The number of hydrogen-bond donors (Lipinski definition) is 0. The average molecular weight is 693 g/mol. The van der Waals surface area contributed by atoms with Gasteiger partial charge in [-0.3, -0.25) is 6.29 Å². The zero-order valence-electron chi connectivity index (χ0n) is 23.8. The molecule has 4 rings (SSSR count). The van der Waals surface area contributed by atoms with Crippen molar-refractivity contribution in [3.63, 3.8) is 0 Å². The Kier molecular flexibility index (Phi) is 11.1. The van der Waals surface area contributed by atoms with Crippen LogP contribution < -0.4 is 0 Å². The summed E-state index contributed by atoms with van der Waals surface area (Å²) in [5.41, 5.74) is 2.73. The van der Waals surface area contributed by atoms with E-state index in [1.54, 1.807) is 0 Å². The molecule has 0 saturated heterocycles. The molecule has 0 radical (unpaired) electrons. The molecule has 0 aromatic rings. The van der Waals surface area contributed by atoms with Gasteiger partial charge in [-0.2, -0.15) is 12.8 Å². The summed E-state index contributed by atoms with van der Waals surface area (Å²) in [7, 11) is 0. The average Bonchev–Trinajstić information content (AvgIpc) is 3.10. The van der Waals surface area contributed by atoms with Crippen LogP contribution in [0.1, 0.15) is 126 Å². The second-order valence-electron chi connectivity index (χ2n) is 14.2. The normalized spacial score (nSPS) is 37.7. The van der Waals surface area contributed by atoms with Gasteiger partial charge < -0.3 is 11.2 Å². The molecule has 4 aliphatic carbocycles. The molecule has 7 atom stereocenters. The molecular formula is C32H54OU. The van der Waals surface area contributed by atoms with E-state index >= 15 is 0 Å². The van der Waals surface area contributed by atoms with Gasteiger partial charge in [-0.1, -0.05) is 92.7 Å². The Morgan fingerprint density at radius 3 is 2.35 bits per heavy atom. The topological polar surface area (TPSA) is 17.1 Å². The second kappa shape index (κ2) is 12.3. The maximum absolute atomic E-state index is 9.70. The van der Waals surface area contributed by atoms with Crippen LogP contribution in [-0.4, -0.2) is 6.29 Å². The zero-order valence-corrected chi connectivity index (χ0v) is 28.0. The van der Waals surface area contributed by atoms with Crippen molar-refractivity contribution in [2.24, 2.45) is 51.8 Å². The molecule has 0 heterocycles. The third kappa shape index (κ3) is 6.66. The Bertz CT molecular complexity index is 688. The van der Waals surface area contributed by atoms with Crippen LogP contribution in [0.2, 0.25) is 0 Å². The predicted octanol–water partition coefficient (Wildman–Crippen LogP) is 9.37. The predicted molar refractivity (Wildman–Crippen MR) is 142 cm³/mol. The Morgan fingerprint density at radius 1 is 1.06 bits per heavy atom. The van der Waals surface area contributed by atoms with Gasteiger partial charge in [0.25, 0.3) is 0 Å². The monoisotopic (exact) mass is 692 g/mol. The number of carbonyl (C=O) groups excluding carboxylic acids is 1. The molecular weight excluding hydrogens is 638 g/mol. The fourth-order valence-corrected chi connectivity index (χ4v) is 8.50. The van der Waals surface area contributed by atoms with E-state index in [0.717, 1.165) is 35.5 Å². The van der Waals surface area contributed by atoms with Gasteiger partial charge in [-0.15, -0.1) is 5.41 Å². The van der Waals surface area contributed by atoms with Gasteiger partial charge in [0, 0.05) is 0 Å². The molecule has 0 amide bonds. The Hall–Kier alpha value is 0.462. The van der Waals surface area contributed by atoms with Crippen LogP contribution in [-0.2, 0) is 4.79 Å². The SMILES string of the molecule is CC(C)(C)[C-]=O.CC(C)CCC[C@@H](C)[C@H]1CC[C@H]2[C@@H]3CC=C4C[CH-]CC[C@]4(C)[C@H]3CC[C@]12C.[U+2]. The van der Waals surface area contributed by atoms with E-state index in [9.17, 15) is 4.79 Å². The van der Waals surface area contributed by atoms with Crippen molar-refractivity contribution in [1.29, 1.82) is 0 Å². The number of fused-ring (bicyclic) bond motifs is 5. The van der Waals surface area contributed by atoms with Crippen molar-refractivity contribution in [3.05, 3.63) is 18.1 Å². The summed E-state index contributed by atoms with van der Waals surface area (Å²) >= 11 is 0. The molecule has 2 heteroatoms. The van der Waals surface area contributed by atoms with Crippen LogP contribution in [0.15, 0.2) is 11.6 Å². The quantitative estimate of drug-likeness (QED) is 0.207. The first-order chi connectivity index (χ1) is 15.4. The van der Waals surface area contributed by atoms with Crippen molar-refractivity contribution in [2.75, 3.05) is 0 Å². The maximum Gasteiger partial charge on any atom is 2.00 e. The van der Waals surface area contributed by atoms with Gasteiger partial charge in [-0.05, 0) is 78.4 Å². The van der Waals surface area contributed by atoms with Crippen molar-refractivity contribution < 1.29 is 35.9 Å². The molecule has 3 saturated carbocycles. The maximum atomic E-state index is 9.70. The van der Waals surface area contributed by atoms with Crippen LogP contribution in [0.25, 0.3) is 0 Å². The van der Waals surface area contributed by atoms with Crippen LogP contribution in [0, 0.1) is 89.3 Å². The van der Waals surface area contributed by atoms with Gasteiger partial charge >= 0.3 is 31.1 Å². The molecule has 192 valence electrons. The third-order valence-electron chi connectivity index (χ3n) is 10.4. The van der Waals surface area contributed by atoms with Crippen molar-refractivity contribution >= 4 is 6.29 Å². The van der Waals surface area contributed by atoms with E-state index in [0.29, 0.717) is 10.8 Å². The van der Waals surface area contributed by atoms with Crippen LogP contribution in [0.5, 0.6) is 0 Å². The van der Waals surface area contributed by atoms with Crippen molar-refractivity contribution in [1.82, 2.24) is 0 Å². The molecule has 0 aromatic carbocycles. The largest absolute Gasteiger partial charge is 2.00 e. The second-order valence-corrected chi connectivity index (χ2v) is 14.2. The zero-order chi connectivity index (χ0) is 24.4. The van der Waals surface area contributed by atoms with Crippen molar-refractivity contribution in [3.8, 4) is 0 Å². The van der Waals surface area contributed by atoms with Crippen molar-refractivity contribution in [2.45, 2.75) is 126 Å². The molecule has 0 spiro atoms. The molecule has 0 aromatic heterocycles. The van der Waals surface area contributed by atoms with Gasteiger partial charge in [0.15, 0.2) is 0 Å². The first kappa shape index (κ1) is 30.7. The molecule has 0 N–H and O–H groups in total. The fourth-order valence-electron chi connectivity index (χ4n) is 8.50. The first-order valence-corrected chi connectivity index (χ1v) is 14.3. The van der Waals surface area contributed by atoms with Gasteiger partial charge in [0.1, 0.15) is 0 Å². The minimum Gasteiger partial charge on any atom is -0.541 e. The molecule has 1 nitrogen and oxygen atoms in total. The van der Waals surface area contributed by atoms with E-state index < -0.39 is 0 Å². The first-order valence-electron chi connectivity index (χ1n) is 14.3. The number of hydrogen-bond acceptors (Lipinski definition) is 1. The van der Waals surface area contributed by atoms with E-state index in [2.05, 4.69) is 47.1 Å². The van der Waals surface area contributed by atoms with E-state index in [4.69, 9.17) is 0 Å². The summed E-state index contributed by atoms with van der Waals surface area (Å²) in [6, 6.07) is 0. The molecule has 0 bridgehead atoms. The Labute approximate surface area is 236 Å². The number of rotatable bonds is 5. The minimum absolute atomic E-state index is 0. The standard InChI is InChI=1S/C27H45.C5H9O.U/c1-19(2)9-8-10-20(3)23-14-15-24-22-13-12-21-11-6-7-17-26(21,4)25(22)16-18-27(23,24)5;1-5(2,3)4-6;/h6,12,19-20,22-25H,7-11,13-18H2,1-5H3;1-3H3;/q2*-1;+2/t20-,22+,23-,24+,25+,26+,27-;;/m1../s1. The summed E-state index contributed by atoms with van der Waals surface area (Å²) in [5.74, 6) is 5.78. The summed E-state index contributed by atoms with van der Waals surface area (Å²) in [6.45, 7) is 18.2. The summed E-state index contributed by atoms with van der Waals surface area (Å²) in [6.07, 6.45) is 23.0.